The quantitative estimate of drug-likeness (QED) is 0.605. The maximum Gasteiger partial charge on any atom is 0.236 e. The molecule has 0 bridgehead atoms. The maximum absolute atomic E-state index is 11.6. The molecule has 0 aromatic rings. The average molecular weight is 243 g/mol. The normalized spacial score (nSPS) is 13.0. The van der Waals surface area contributed by atoms with Gasteiger partial charge >= 0.3 is 0 Å². The van der Waals surface area contributed by atoms with Crippen LogP contribution in [0.15, 0.2) is 0 Å². The first kappa shape index (κ1) is 15.9. The van der Waals surface area contributed by atoms with Crippen molar-refractivity contribution in [2.75, 3.05) is 13.6 Å². The van der Waals surface area contributed by atoms with Gasteiger partial charge in [-0.2, -0.15) is 0 Å². The lowest BCUT2D eigenvalue weighted by Crippen LogP contribution is -2.48. The van der Waals surface area contributed by atoms with Crippen LogP contribution in [0.2, 0.25) is 0 Å². The van der Waals surface area contributed by atoms with Gasteiger partial charge in [-0.1, -0.05) is 19.8 Å². The number of nitrogens with one attached hydrogen (secondary N) is 2. The lowest BCUT2D eigenvalue weighted by atomic mass is 9.92. The number of hydrogen-bond acceptors (Lipinski definition) is 3. The highest BCUT2D eigenvalue weighted by atomic mass is 16.2. The molecule has 0 aromatic heterocycles. The predicted molar refractivity (Wildman–Crippen MR) is 68.4 cm³/mol. The molecule has 100 valence electrons. The fourth-order valence-electron chi connectivity index (χ4n) is 1.41. The third kappa shape index (κ3) is 5.68. The van der Waals surface area contributed by atoms with Gasteiger partial charge in [-0.3, -0.25) is 9.59 Å². The first-order chi connectivity index (χ1) is 7.85. The first-order valence-corrected chi connectivity index (χ1v) is 6.10. The van der Waals surface area contributed by atoms with Crippen molar-refractivity contribution in [3.05, 3.63) is 0 Å². The minimum Gasteiger partial charge on any atom is -0.359 e. The summed E-state index contributed by atoms with van der Waals surface area (Å²) < 4.78 is 0. The zero-order valence-corrected chi connectivity index (χ0v) is 11.3. The van der Waals surface area contributed by atoms with E-state index in [9.17, 15) is 9.59 Å². The SMILES string of the molecule is CCCC[C@H](N)C(=O)NCC(C)(C)C(=O)NC. The Bertz CT molecular complexity index is 264. The van der Waals surface area contributed by atoms with Gasteiger partial charge in [0, 0.05) is 13.6 Å². The van der Waals surface area contributed by atoms with Crippen LogP contribution in [0.5, 0.6) is 0 Å². The van der Waals surface area contributed by atoms with Crippen LogP contribution >= 0.6 is 0 Å². The first-order valence-electron chi connectivity index (χ1n) is 6.10. The summed E-state index contributed by atoms with van der Waals surface area (Å²) in [6, 6.07) is -0.476. The van der Waals surface area contributed by atoms with E-state index < -0.39 is 11.5 Å². The number of hydrogen-bond donors (Lipinski definition) is 3. The Balaban J connectivity index is 4.10. The number of carbonyl (C=O) groups excluding carboxylic acids is 2. The van der Waals surface area contributed by atoms with Gasteiger partial charge < -0.3 is 16.4 Å². The summed E-state index contributed by atoms with van der Waals surface area (Å²) >= 11 is 0. The van der Waals surface area contributed by atoms with Gasteiger partial charge in [0.15, 0.2) is 0 Å². The Morgan fingerprint density at radius 3 is 2.41 bits per heavy atom. The highest BCUT2D eigenvalue weighted by molar-refractivity contribution is 5.84. The molecule has 0 fully saturated rings. The van der Waals surface area contributed by atoms with E-state index in [-0.39, 0.29) is 11.8 Å². The molecule has 0 aromatic carbocycles. The molecule has 1 atom stereocenters. The van der Waals surface area contributed by atoms with Gasteiger partial charge in [0.25, 0.3) is 0 Å². The Morgan fingerprint density at radius 1 is 1.35 bits per heavy atom. The topological polar surface area (TPSA) is 84.2 Å². The van der Waals surface area contributed by atoms with Crippen LogP contribution < -0.4 is 16.4 Å². The zero-order chi connectivity index (χ0) is 13.5. The maximum atomic E-state index is 11.6. The van der Waals surface area contributed by atoms with Crippen molar-refractivity contribution in [1.29, 1.82) is 0 Å². The Morgan fingerprint density at radius 2 is 1.94 bits per heavy atom. The van der Waals surface area contributed by atoms with Crippen LogP contribution in [0.1, 0.15) is 40.0 Å². The Hall–Kier alpha value is -1.10. The van der Waals surface area contributed by atoms with Crippen molar-refractivity contribution in [3.63, 3.8) is 0 Å². The second-order valence-corrected chi connectivity index (χ2v) is 4.93. The summed E-state index contributed by atoms with van der Waals surface area (Å²) in [4.78, 5) is 23.1. The summed E-state index contributed by atoms with van der Waals surface area (Å²) in [5.74, 6) is -0.282. The average Bonchev–Trinajstić information content (AvgIpc) is 2.31. The van der Waals surface area contributed by atoms with E-state index in [4.69, 9.17) is 5.73 Å². The number of unbranched alkanes of at least 4 members (excludes halogenated alkanes) is 1. The monoisotopic (exact) mass is 243 g/mol. The molecule has 0 spiro atoms. The number of amides is 2. The summed E-state index contributed by atoms with van der Waals surface area (Å²) in [6.45, 7) is 5.91. The van der Waals surface area contributed by atoms with E-state index in [1.807, 2.05) is 0 Å². The van der Waals surface area contributed by atoms with Crippen LogP contribution in [0.25, 0.3) is 0 Å². The lowest BCUT2D eigenvalue weighted by molar-refractivity contribution is -0.129. The molecule has 2 amide bonds. The zero-order valence-electron chi connectivity index (χ0n) is 11.3. The minimum absolute atomic E-state index is 0.0973. The van der Waals surface area contributed by atoms with Gasteiger partial charge in [-0.15, -0.1) is 0 Å². The minimum atomic E-state index is -0.616. The van der Waals surface area contributed by atoms with E-state index >= 15 is 0 Å². The molecular weight excluding hydrogens is 218 g/mol. The van der Waals surface area contributed by atoms with Crippen molar-refractivity contribution in [3.8, 4) is 0 Å². The molecule has 0 rings (SSSR count). The third-order valence-electron chi connectivity index (χ3n) is 2.75. The summed E-state index contributed by atoms with van der Waals surface area (Å²) in [5.41, 5.74) is 5.11. The number of carbonyl (C=O) groups is 2. The summed E-state index contributed by atoms with van der Waals surface area (Å²) in [7, 11) is 1.58. The molecule has 17 heavy (non-hydrogen) atoms. The van der Waals surface area contributed by atoms with Crippen LogP contribution in [0.3, 0.4) is 0 Å². The Labute approximate surface area is 104 Å². The molecule has 4 N–H and O–H groups in total. The molecule has 0 unspecified atom stereocenters. The number of rotatable bonds is 7. The molecule has 0 radical (unpaired) electrons. The fraction of sp³-hybridized carbons (Fsp3) is 0.833. The molecule has 0 aliphatic carbocycles. The molecule has 0 aliphatic rings. The molecule has 5 nitrogen and oxygen atoms in total. The fourth-order valence-corrected chi connectivity index (χ4v) is 1.41. The summed E-state index contributed by atoms with van der Waals surface area (Å²) in [6.07, 6.45) is 2.64. The number of nitrogens with two attached hydrogens (primary N) is 1. The highest BCUT2D eigenvalue weighted by Crippen LogP contribution is 2.13. The van der Waals surface area contributed by atoms with E-state index in [1.54, 1.807) is 20.9 Å². The Kier molecular flexibility index (Phi) is 6.80. The lowest BCUT2D eigenvalue weighted by Gasteiger charge is -2.23. The van der Waals surface area contributed by atoms with E-state index in [2.05, 4.69) is 17.6 Å². The third-order valence-corrected chi connectivity index (χ3v) is 2.75. The molecule has 0 heterocycles. The molecule has 0 saturated carbocycles. The second-order valence-electron chi connectivity index (χ2n) is 4.93. The second kappa shape index (κ2) is 7.27. The smallest absolute Gasteiger partial charge is 0.236 e. The molecule has 0 aliphatic heterocycles. The van der Waals surface area contributed by atoms with Crippen molar-refractivity contribution >= 4 is 11.8 Å². The molecule has 5 heteroatoms. The van der Waals surface area contributed by atoms with Crippen LogP contribution in [0, 0.1) is 5.41 Å². The standard InChI is InChI=1S/C12H25N3O2/c1-5-6-7-9(13)10(16)15-8-12(2,3)11(17)14-4/h9H,5-8,13H2,1-4H3,(H,14,17)(H,15,16)/t9-/m0/s1. The van der Waals surface area contributed by atoms with Crippen LogP contribution in [-0.4, -0.2) is 31.4 Å². The van der Waals surface area contributed by atoms with Crippen molar-refractivity contribution in [2.45, 2.75) is 46.1 Å². The van der Waals surface area contributed by atoms with Gasteiger partial charge in [0.1, 0.15) is 0 Å². The van der Waals surface area contributed by atoms with Gasteiger partial charge in [0.05, 0.1) is 11.5 Å². The van der Waals surface area contributed by atoms with Crippen molar-refractivity contribution in [1.82, 2.24) is 10.6 Å². The van der Waals surface area contributed by atoms with Gasteiger partial charge in [0.2, 0.25) is 11.8 Å². The van der Waals surface area contributed by atoms with Gasteiger partial charge in [-0.05, 0) is 20.3 Å². The van der Waals surface area contributed by atoms with E-state index in [1.165, 1.54) is 0 Å². The van der Waals surface area contributed by atoms with Crippen LogP contribution in [-0.2, 0) is 9.59 Å². The predicted octanol–water partition coefficient (Wildman–Crippen LogP) is 0.392. The largest absolute Gasteiger partial charge is 0.359 e. The van der Waals surface area contributed by atoms with E-state index in [0.717, 1.165) is 12.8 Å². The highest BCUT2D eigenvalue weighted by Gasteiger charge is 2.27. The molecular formula is C12H25N3O2. The summed E-state index contributed by atoms with van der Waals surface area (Å²) in [5, 5.41) is 5.29. The molecule has 0 saturated heterocycles. The van der Waals surface area contributed by atoms with Crippen LogP contribution in [0.4, 0.5) is 0 Å². The van der Waals surface area contributed by atoms with E-state index in [0.29, 0.717) is 13.0 Å². The van der Waals surface area contributed by atoms with Crippen molar-refractivity contribution < 1.29 is 9.59 Å². The van der Waals surface area contributed by atoms with Crippen molar-refractivity contribution in [2.24, 2.45) is 11.1 Å². The van der Waals surface area contributed by atoms with Gasteiger partial charge in [-0.25, -0.2) is 0 Å².